The molecule has 0 aromatic carbocycles. The first-order chi connectivity index (χ1) is 8.19. The quantitative estimate of drug-likeness (QED) is 0.381. The molecular formula is C9H18N6O2. The number of methoxy groups -OCH3 is 1. The molecule has 0 aliphatic rings. The van der Waals surface area contributed by atoms with Crippen LogP contribution in [0.25, 0.3) is 0 Å². The molecule has 0 amide bonds. The predicted molar refractivity (Wildman–Crippen MR) is 63.6 cm³/mol. The van der Waals surface area contributed by atoms with Crippen LogP contribution in [-0.2, 0) is 0 Å². The minimum atomic E-state index is 0.139. The molecule has 8 nitrogen and oxygen atoms in total. The van der Waals surface area contributed by atoms with E-state index < -0.39 is 0 Å². The van der Waals surface area contributed by atoms with Gasteiger partial charge in [-0.2, -0.15) is 15.0 Å². The Bertz CT molecular complexity index is 326. The van der Waals surface area contributed by atoms with Crippen molar-refractivity contribution in [2.24, 2.45) is 5.84 Å². The van der Waals surface area contributed by atoms with E-state index in [0.29, 0.717) is 5.95 Å². The topological polar surface area (TPSA) is 118 Å². The highest BCUT2D eigenvalue weighted by atomic mass is 16.5. The molecule has 0 aliphatic carbocycles. The molecule has 1 heterocycles. The van der Waals surface area contributed by atoms with E-state index in [1.165, 1.54) is 7.11 Å². The smallest absolute Gasteiger partial charge is 0.322 e. The largest absolute Gasteiger partial charge is 0.467 e. The fraction of sp³-hybridized carbons (Fsp3) is 0.667. The number of aliphatic hydroxyl groups excluding tert-OH is 1. The Kier molecular flexibility index (Phi) is 5.37. The Morgan fingerprint density at radius 3 is 2.65 bits per heavy atom. The number of nitrogens with one attached hydrogen (secondary N) is 2. The second-order valence-corrected chi connectivity index (χ2v) is 3.52. The van der Waals surface area contributed by atoms with E-state index in [9.17, 15) is 0 Å². The SMILES string of the molecule is COc1nc(NN)nc(NC(C)CCCO)n1. The van der Waals surface area contributed by atoms with E-state index in [0.717, 1.165) is 12.8 Å². The number of hydrogen-bond donors (Lipinski definition) is 4. The van der Waals surface area contributed by atoms with Crippen LogP contribution >= 0.6 is 0 Å². The van der Waals surface area contributed by atoms with Gasteiger partial charge in [0.2, 0.25) is 11.9 Å². The highest BCUT2D eigenvalue weighted by Gasteiger charge is 2.08. The lowest BCUT2D eigenvalue weighted by atomic mass is 10.2. The summed E-state index contributed by atoms with van der Waals surface area (Å²) in [7, 11) is 1.47. The van der Waals surface area contributed by atoms with Crippen molar-refractivity contribution in [1.29, 1.82) is 0 Å². The Morgan fingerprint density at radius 2 is 2.06 bits per heavy atom. The van der Waals surface area contributed by atoms with Crippen LogP contribution in [0.1, 0.15) is 19.8 Å². The van der Waals surface area contributed by atoms with Crippen LogP contribution in [0.2, 0.25) is 0 Å². The standard InChI is InChI=1S/C9H18N6O2/c1-6(4-3-5-16)11-7-12-8(15-10)14-9(13-7)17-2/h6,16H,3-5,10H2,1-2H3,(H2,11,12,13,14,15). The van der Waals surface area contributed by atoms with E-state index in [2.05, 4.69) is 25.7 Å². The Labute approximate surface area is 99.6 Å². The van der Waals surface area contributed by atoms with Crippen LogP contribution in [0.3, 0.4) is 0 Å². The lowest BCUT2D eigenvalue weighted by Crippen LogP contribution is -2.19. The molecule has 1 atom stereocenters. The Morgan fingerprint density at radius 1 is 1.35 bits per heavy atom. The number of hydrogen-bond acceptors (Lipinski definition) is 8. The van der Waals surface area contributed by atoms with Gasteiger partial charge in [-0.3, -0.25) is 5.43 Å². The van der Waals surface area contributed by atoms with Crippen molar-refractivity contribution in [2.75, 3.05) is 24.5 Å². The van der Waals surface area contributed by atoms with Crippen LogP contribution in [0.5, 0.6) is 6.01 Å². The minimum Gasteiger partial charge on any atom is -0.467 e. The lowest BCUT2D eigenvalue weighted by Gasteiger charge is -2.13. The molecular weight excluding hydrogens is 224 g/mol. The lowest BCUT2D eigenvalue weighted by molar-refractivity contribution is 0.282. The molecule has 1 rings (SSSR count). The van der Waals surface area contributed by atoms with Crippen LogP contribution in [0.4, 0.5) is 11.9 Å². The average molecular weight is 242 g/mol. The van der Waals surface area contributed by atoms with E-state index >= 15 is 0 Å². The number of rotatable bonds is 7. The molecule has 5 N–H and O–H groups in total. The zero-order valence-corrected chi connectivity index (χ0v) is 9.97. The molecule has 0 spiro atoms. The molecule has 1 aromatic rings. The van der Waals surface area contributed by atoms with Crippen LogP contribution in [0, 0.1) is 0 Å². The van der Waals surface area contributed by atoms with Crippen molar-refractivity contribution in [3.63, 3.8) is 0 Å². The van der Waals surface area contributed by atoms with Crippen molar-refractivity contribution < 1.29 is 9.84 Å². The molecule has 0 fully saturated rings. The fourth-order valence-corrected chi connectivity index (χ4v) is 1.27. The van der Waals surface area contributed by atoms with Crippen molar-refractivity contribution >= 4 is 11.9 Å². The van der Waals surface area contributed by atoms with Crippen LogP contribution < -0.4 is 21.3 Å². The van der Waals surface area contributed by atoms with Gasteiger partial charge >= 0.3 is 6.01 Å². The number of aromatic nitrogens is 3. The maximum Gasteiger partial charge on any atom is 0.322 e. The van der Waals surface area contributed by atoms with Crippen molar-refractivity contribution in [3.8, 4) is 6.01 Å². The Hall–Kier alpha value is -1.67. The molecule has 0 saturated carbocycles. The second-order valence-electron chi connectivity index (χ2n) is 3.52. The number of anilines is 2. The molecule has 0 bridgehead atoms. The number of hydrazine groups is 1. The number of nitrogens with two attached hydrogens (primary N) is 1. The van der Waals surface area contributed by atoms with Gasteiger partial charge in [0, 0.05) is 12.6 Å². The second kappa shape index (κ2) is 6.81. The molecule has 1 unspecified atom stereocenters. The third-order valence-electron chi connectivity index (χ3n) is 2.10. The summed E-state index contributed by atoms with van der Waals surface area (Å²) in [4.78, 5) is 11.9. The number of nitrogen functional groups attached to an aromatic ring is 1. The zero-order valence-electron chi connectivity index (χ0n) is 9.97. The van der Waals surface area contributed by atoms with E-state index in [1.807, 2.05) is 6.92 Å². The van der Waals surface area contributed by atoms with E-state index in [4.69, 9.17) is 15.7 Å². The first-order valence-electron chi connectivity index (χ1n) is 5.33. The van der Waals surface area contributed by atoms with Crippen molar-refractivity contribution in [2.45, 2.75) is 25.8 Å². The number of nitrogens with zero attached hydrogens (tertiary/aromatic N) is 3. The number of aliphatic hydroxyl groups is 1. The summed E-state index contributed by atoms with van der Waals surface area (Å²) in [6, 6.07) is 0.324. The molecule has 8 heteroatoms. The third-order valence-corrected chi connectivity index (χ3v) is 2.10. The average Bonchev–Trinajstić information content (AvgIpc) is 2.35. The van der Waals surface area contributed by atoms with Crippen LogP contribution in [-0.4, -0.2) is 39.8 Å². The maximum absolute atomic E-state index is 8.73. The number of ether oxygens (including phenoxy) is 1. The van der Waals surface area contributed by atoms with Gasteiger partial charge < -0.3 is 15.2 Å². The van der Waals surface area contributed by atoms with Gasteiger partial charge in [-0.25, -0.2) is 5.84 Å². The van der Waals surface area contributed by atoms with Crippen LogP contribution in [0.15, 0.2) is 0 Å². The normalized spacial score (nSPS) is 12.0. The monoisotopic (exact) mass is 242 g/mol. The first-order valence-corrected chi connectivity index (χ1v) is 5.33. The summed E-state index contributed by atoms with van der Waals surface area (Å²) in [5.41, 5.74) is 2.34. The third kappa shape index (κ3) is 4.37. The molecule has 0 radical (unpaired) electrons. The van der Waals surface area contributed by atoms with Gasteiger partial charge in [0.1, 0.15) is 0 Å². The highest BCUT2D eigenvalue weighted by Crippen LogP contribution is 2.11. The van der Waals surface area contributed by atoms with Gasteiger partial charge in [0.05, 0.1) is 7.11 Å². The zero-order chi connectivity index (χ0) is 12.7. The molecule has 17 heavy (non-hydrogen) atoms. The van der Waals surface area contributed by atoms with Crippen molar-refractivity contribution in [3.05, 3.63) is 0 Å². The fourth-order valence-electron chi connectivity index (χ4n) is 1.27. The maximum atomic E-state index is 8.73. The van der Waals surface area contributed by atoms with Gasteiger partial charge in [-0.1, -0.05) is 0 Å². The summed E-state index contributed by atoms with van der Waals surface area (Å²) in [6.45, 7) is 2.14. The summed E-state index contributed by atoms with van der Waals surface area (Å²) in [5, 5.41) is 11.8. The minimum absolute atomic E-state index is 0.139. The summed E-state index contributed by atoms with van der Waals surface area (Å²) in [6.07, 6.45) is 1.54. The van der Waals surface area contributed by atoms with E-state index in [1.54, 1.807) is 0 Å². The van der Waals surface area contributed by atoms with Crippen molar-refractivity contribution in [1.82, 2.24) is 15.0 Å². The molecule has 0 saturated heterocycles. The first kappa shape index (κ1) is 13.4. The molecule has 96 valence electrons. The van der Waals surface area contributed by atoms with Gasteiger partial charge in [-0.15, -0.1) is 0 Å². The van der Waals surface area contributed by atoms with E-state index in [-0.39, 0.29) is 24.6 Å². The van der Waals surface area contributed by atoms with Gasteiger partial charge in [0.25, 0.3) is 0 Å². The Balaban J connectivity index is 2.68. The summed E-state index contributed by atoms with van der Waals surface area (Å²) >= 11 is 0. The molecule has 1 aromatic heterocycles. The van der Waals surface area contributed by atoms with Gasteiger partial charge in [-0.05, 0) is 19.8 Å². The highest BCUT2D eigenvalue weighted by molar-refractivity contribution is 5.35. The van der Waals surface area contributed by atoms with Gasteiger partial charge in [0.15, 0.2) is 0 Å². The summed E-state index contributed by atoms with van der Waals surface area (Å²) < 4.78 is 4.92. The predicted octanol–water partition coefficient (Wildman–Crippen LogP) is -0.261. The summed E-state index contributed by atoms with van der Waals surface area (Å²) in [5.74, 6) is 5.85. The molecule has 0 aliphatic heterocycles.